The summed E-state index contributed by atoms with van der Waals surface area (Å²) >= 11 is 0. The molecule has 0 saturated carbocycles. The highest BCUT2D eigenvalue weighted by Crippen LogP contribution is 2.25. The van der Waals surface area contributed by atoms with Crippen LogP contribution in [0.5, 0.6) is 11.5 Å². The van der Waals surface area contributed by atoms with Crippen molar-refractivity contribution < 1.29 is 29.5 Å². The van der Waals surface area contributed by atoms with Crippen molar-refractivity contribution in [2.75, 3.05) is 7.11 Å². The van der Waals surface area contributed by atoms with E-state index in [0.29, 0.717) is 11.5 Å². The molecule has 1 rings (SSSR count). The minimum Gasteiger partial charge on any atom is -0.509 e. The molecule has 0 heterocycles. The molecular formula is C7H11B2O6. The summed E-state index contributed by atoms with van der Waals surface area (Å²) < 4.78 is 9.52. The predicted molar refractivity (Wildman–Crippen MR) is 54.0 cm³/mol. The zero-order valence-electron chi connectivity index (χ0n) is 8.07. The van der Waals surface area contributed by atoms with Crippen LogP contribution in [-0.2, 0) is 0 Å². The SMILES string of the molecule is COc1ccccc1OB(O)O.O[B]O. The van der Waals surface area contributed by atoms with Gasteiger partial charge in [0, 0.05) is 0 Å². The second kappa shape index (κ2) is 8.13. The summed E-state index contributed by atoms with van der Waals surface area (Å²) in [4.78, 5) is 0. The molecule has 0 bridgehead atoms. The van der Waals surface area contributed by atoms with E-state index in [-0.39, 0.29) is 7.69 Å². The van der Waals surface area contributed by atoms with E-state index in [1.807, 2.05) is 0 Å². The van der Waals surface area contributed by atoms with Gasteiger partial charge in [0.25, 0.3) is 0 Å². The Morgan fingerprint density at radius 2 is 1.60 bits per heavy atom. The Hall–Kier alpha value is -1.21. The first-order valence-electron chi connectivity index (χ1n) is 3.91. The van der Waals surface area contributed by atoms with E-state index >= 15 is 0 Å². The summed E-state index contributed by atoms with van der Waals surface area (Å²) in [7, 11) is -0.340. The Morgan fingerprint density at radius 1 is 1.13 bits per heavy atom. The van der Waals surface area contributed by atoms with Gasteiger partial charge in [-0.25, -0.2) is 0 Å². The van der Waals surface area contributed by atoms with Crippen LogP contribution < -0.4 is 9.39 Å². The Balaban J connectivity index is 0.000000583. The van der Waals surface area contributed by atoms with Crippen molar-refractivity contribution in [3.63, 3.8) is 0 Å². The second-order valence-corrected chi connectivity index (χ2v) is 2.21. The van der Waals surface area contributed by atoms with Crippen LogP contribution in [0, 0.1) is 0 Å². The molecule has 0 atom stereocenters. The van der Waals surface area contributed by atoms with Crippen LogP contribution in [0.3, 0.4) is 0 Å². The Morgan fingerprint density at radius 3 is 2.00 bits per heavy atom. The van der Waals surface area contributed by atoms with Gasteiger partial charge in [0.15, 0.2) is 5.75 Å². The van der Waals surface area contributed by atoms with Gasteiger partial charge in [-0.2, -0.15) is 0 Å². The zero-order chi connectivity index (χ0) is 11.7. The van der Waals surface area contributed by atoms with E-state index in [1.165, 1.54) is 7.11 Å². The molecule has 0 amide bonds. The molecule has 0 spiro atoms. The lowest BCUT2D eigenvalue weighted by atomic mass is 10.2. The highest BCUT2D eigenvalue weighted by molar-refractivity contribution is 6.33. The molecule has 0 unspecified atom stereocenters. The van der Waals surface area contributed by atoms with Crippen molar-refractivity contribution in [2.45, 2.75) is 0 Å². The smallest absolute Gasteiger partial charge is 0.509 e. The summed E-state index contributed by atoms with van der Waals surface area (Å²) in [6.45, 7) is 0. The van der Waals surface area contributed by atoms with Crippen LogP contribution in [-0.4, -0.2) is 42.2 Å². The molecule has 0 aliphatic rings. The number of methoxy groups -OCH3 is 1. The quantitative estimate of drug-likeness (QED) is 0.458. The summed E-state index contributed by atoms with van der Waals surface area (Å²) in [5, 5.41) is 31.0. The lowest BCUT2D eigenvalue weighted by molar-refractivity contribution is 0.279. The third-order valence-electron chi connectivity index (χ3n) is 1.30. The van der Waals surface area contributed by atoms with E-state index < -0.39 is 7.32 Å². The Labute approximate surface area is 88.2 Å². The van der Waals surface area contributed by atoms with Crippen molar-refractivity contribution >= 4 is 15.0 Å². The van der Waals surface area contributed by atoms with Gasteiger partial charge in [0.1, 0.15) is 5.75 Å². The molecule has 15 heavy (non-hydrogen) atoms. The molecular weight excluding hydrogens is 202 g/mol. The molecule has 8 heteroatoms. The average Bonchev–Trinajstić information content (AvgIpc) is 2.19. The molecule has 0 fully saturated rings. The third-order valence-corrected chi connectivity index (χ3v) is 1.30. The number of rotatable bonds is 3. The monoisotopic (exact) mass is 213 g/mol. The Kier molecular flexibility index (Phi) is 7.47. The molecule has 6 nitrogen and oxygen atoms in total. The maximum absolute atomic E-state index is 8.50. The largest absolute Gasteiger partial charge is 0.707 e. The zero-order valence-corrected chi connectivity index (χ0v) is 8.07. The van der Waals surface area contributed by atoms with Crippen molar-refractivity contribution in [1.82, 2.24) is 0 Å². The molecule has 1 radical (unpaired) electrons. The first-order chi connectivity index (χ1) is 7.15. The van der Waals surface area contributed by atoms with Gasteiger partial charge >= 0.3 is 15.0 Å². The third kappa shape index (κ3) is 5.97. The van der Waals surface area contributed by atoms with Gasteiger partial charge < -0.3 is 29.5 Å². The van der Waals surface area contributed by atoms with Crippen LogP contribution in [0.1, 0.15) is 0 Å². The van der Waals surface area contributed by atoms with E-state index in [4.69, 9.17) is 24.8 Å². The molecule has 0 aromatic heterocycles. The first-order valence-corrected chi connectivity index (χ1v) is 3.91. The molecule has 4 N–H and O–H groups in total. The topological polar surface area (TPSA) is 99.4 Å². The predicted octanol–water partition coefficient (Wildman–Crippen LogP) is -1.45. The van der Waals surface area contributed by atoms with E-state index in [0.717, 1.165) is 0 Å². The minimum absolute atomic E-state index is 0. The Bertz CT molecular complexity index is 269. The fourth-order valence-electron chi connectivity index (χ4n) is 0.830. The van der Waals surface area contributed by atoms with Crippen molar-refractivity contribution in [2.24, 2.45) is 0 Å². The molecule has 1 aromatic rings. The van der Waals surface area contributed by atoms with Crippen LogP contribution in [0.2, 0.25) is 0 Å². The molecule has 0 aliphatic heterocycles. The standard InChI is InChI=1S/C7H9BO4.BH2O2/c1-11-6-4-2-3-5-7(6)12-8(9)10;2-1-3/h2-5,9-10H,1H3;2-3H. The van der Waals surface area contributed by atoms with Crippen molar-refractivity contribution in [1.29, 1.82) is 0 Å². The summed E-state index contributed by atoms with van der Waals surface area (Å²) in [6, 6.07) is 6.71. The fraction of sp³-hybridized carbons (Fsp3) is 0.143. The molecule has 0 aliphatic carbocycles. The molecule has 1 aromatic carbocycles. The number of ether oxygens (including phenoxy) is 1. The van der Waals surface area contributed by atoms with Crippen LogP contribution in [0.4, 0.5) is 0 Å². The van der Waals surface area contributed by atoms with E-state index in [1.54, 1.807) is 24.3 Å². The molecule has 0 saturated heterocycles. The minimum atomic E-state index is -1.82. The number of para-hydroxylation sites is 2. The summed E-state index contributed by atoms with van der Waals surface area (Å²) in [5.41, 5.74) is 0. The highest BCUT2D eigenvalue weighted by Gasteiger charge is 2.13. The lowest BCUT2D eigenvalue weighted by Gasteiger charge is -2.08. The van der Waals surface area contributed by atoms with Gasteiger partial charge in [-0.3, -0.25) is 0 Å². The van der Waals surface area contributed by atoms with Gasteiger partial charge in [0.2, 0.25) is 0 Å². The van der Waals surface area contributed by atoms with Crippen molar-refractivity contribution in [3.05, 3.63) is 24.3 Å². The average molecular weight is 213 g/mol. The maximum atomic E-state index is 8.50. The fourth-order valence-corrected chi connectivity index (χ4v) is 0.830. The summed E-state index contributed by atoms with van der Waals surface area (Å²) in [6.07, 6.45) is 0. The lowest BCUT2D eigenvalue weighted by Crippen LogP contribution is -2.20. The van der Waals surface area contributed by atoms with E-state index in [2.05, 4.69) is 4.65 Å². The van der Waals surface area contributed by atoms with Crippen LogP contribution in [0.15, 0.2) is 24.3 Å². The van der Waals surface area contributed by atoms with Crippen molar-refractivity contribution in [3.8, 4) is 11.5 Å². The van der Waals surface area contributed by atoms with Crippen LogP contribution in [0.25, 0.3) is 0 Å². The highest BCUT2D eigenvalue weighted by atomic mass is 16.6. The van der Waals surface area contributed by atoms with Gasteiger partial charge in [0.05, 0.1) is 7.11 Å². The number of benzene rings is 1. The normalized spacial score (nSPS) is 8.33. The van der Waals surface area contributed by atoms with Crippen LogP contribution >= 0.6 is 0 Å². The van der Waals surface area contributed by atoms with E-state index in [9.17, 15) is 0 Å². The summed E-state index contributed by atoms with van der Waals surface area (Å²) in [5.74, 6) is 0.764. The first kappa shape index (κ1) is 13.8. The molecule has 81 valence electrons. The van der Waals surface area contributed by atoms with Gasteiger partial charge in [-0.1, -0.05) is 12.1 Å². The van der Waals surface area contributed by atoms with Gasteiger partial charge in [-0.05, 0) is 12.1 Å². The maximum Gasteiger partial charge on any atom is 0.707 e. The second-order valence-electron chi connectivity index (χ2n) is 2.21. The number of hydrogen-bond donors (Lipinski definition) is 4. The van der Waals surface area contributed by atoms with Gasteiger partial charge in [-0.15, -0.1) is 0 Å². The number of hydrogen-bond acceptors (Lipinski definition) is 6.